The summed E-state index contributed by atoms with van der Waals surface area (Å²) in [6, 6.07) is 16.5. The van der Waals surface area contributed by atoms with Crippen LogP contribution in [0.4, 0.5) is 11.5 Å². The SMILES string of the molecule is CN(C)c1ncnc2ccc(N3CCN(Cc4ccc(C#N)cc4)CC3)cc12. The van der Waals surface area contributed by atoms with Crippen LogP contribution in [0, 0.1) is 11.3 Å². The van der Waals surface area contributed by atoms with Crippen LogP contribution in [0.2, 0.25) is 0 Å². The molecular formula is C22H24N6. The minimum Gasteiger partial charge on any atom is -0.369 e. The number of anilines is 2. The standard InChI is InChI=1S/C22H24N6/c1-26(2)22-20-13-19(7-8-21(20)24-16-25-22)28-11-9-27(10-12-28)15-18-5-3-17(14-23)4-6-18/h3-8,13,16H,9-12,15H2,1-2H3. The maximum atomic E-state index is 8.92. The molecule has 0 N–H and O–H groups in total. The lowest BCUT2D eigenvalue weighted by Gasteiger charge is -2.36. The van der Waals surface area contributed by atoms with Crippen molar-refractivity contribution in [2.75, 3.05) is 50.1 Å². The van der Waals surface area contributed by atoms with Gasteiger partial charge in [-0.15, -0.1) is 0 Å². The average Bonchev–Trinajstić information content (AvgIpc) is 2.74. The normalized spacial score (nSPS) is 14.8. The lowest BCUT2D eigenvalue weighted by molar-refractivity contribution is 0.250. The van der Waals surface area contributed by atoms with Crippen molar-refractivity contribution in [1.82, 2.24) is 14.9 Å². The highest BCUT2D eigenvalue weighted by atomic mass is 15.3. The minimum atomic E-state index is 0.714. The number of fused-ring (bicyclic) bond motifs is 1. The van der Waals surface area contributed by atoms with Crippen LogP contribution in [0.15, 0.2) is 48.8 Å². The van der Waals surface area contributed by atoms with Crippen molar-refractivity contribution < 1.29 is 0 Å². The zero-order valence-electron chi connectivity index (χ0n) is 16.3. The molecule has 2 heterocycles. The highest BCUT2D eigenvalue weighted by molar-refractivity contribution is 5.91. The van der Waals surface area contributed by atoms with Crippen molar-refractivity contribution in [3.8, 4) is 6.07 Å². The van der Waals surface area contributed by atoms with Crippen LogP contribution in [0.1, 0.15) is 11.1 Å². The summed E-state index contributed by atoms with van der Waals surface area (Å²) in [7, 11) is 4.02. The zero-order chi connectivity index (χ0) is 19.5. The molecule has 0 amide bonds. The predicted octanol–water partition coefficient (Wildman–Crippen LogP) is 2.89. The molecule has 1 aromatic heterocycles. The molecule has 0 radical (unpaired) electrons. The van der Waals surface area contributed by atoms with Crippen LogP contribution in [0.5, 0.6) is 0 Å². The Labute approximate surface area is 165 Å². The van der Waals surface area contributed by atoms with E-state index in [0.717, 1.165) is 49.4 Å². The number of nitriles is 1. The van der Waals surface area contributed by atoms with Crippen LogP contribution in [-0.2, 0) is 6.54 Å². The topological polar surface area (TPSA) is 59.3 Å². The Morgan fingerprint density at radius 1 is 1.00 bits per heavy atom. The smallest absolute Gasteiger partial charge is 0.139 e. The first-order chi connectivity index (χ1) is 13.6. The number of hydrogen-bond acceptors (Lipinski definition) is 6. The Bertz CT molecular complexity index is 998. The molecule has 1 aliphatic rings. The third-order valence-electron chi connectivity index (χ3n) is 5.25. The highest BCUT2D eigenvalue weighted by Crippen LogP contribution is 2.27. The molecular weight excluding hydrogens is 348 g/mol. The molecule has 1 saturated heterocycles. The quantitative estimate of drug-likeness (QED) is 0.702. The van der Waals surface area contributed by atoms with Crippen molar-refractivity contribution >= 4 is 22.4 Å². The van der Waals surface area contributed by atoms with Gasteiger partial charge in [-0.1, -0.05) is 12.1 Å². The molecule has 0 saturated carbocycles. The molecule has 28 heavy (non-hydrogen) atoms. The molecule has 6 nitrogen and oxygen atoms in total. The van der Waals surface area contributed by atoms with Gasteiger partial charge in [0.25, 0.3) is 0 Å². The van der Waals surface area contributed by atoms with Crippen LogP contribution < -0.4 is 9.80 Å². The second kappa shape index (κ2) is 7.83. The third-order valence-corrected chi connectivity index (χ3v) is 5.25. The molecule has 142 valence electrons. The number of piperazine rings is 1. The number of nitrogens with zero attached hydrogens (tertiary/aromatic N) is 6. The summed E-state index contributed by atoms with van der Waals surface area (Å²) in [5.41, 5.74) is 4.17. The molecule has 0 unspecified atom stereocenters. The molecule has 1 fully saturated rings. The van der Waals surface area contributed by atoms with Crippen molar-refractivity contribution in [2.24, 2.45) is 0 Å². The van der Waals surface area contributed by atoms with Gasteiger partial charge < -0.3 is 9.80 Å². The zero-order valence-corrected chi connectivity index (χ0v) is 16.3. The van der Waals surface area contributed by atoms with E-state index in [9.17, 15) is 0 Å². The molecule has 3 aromatic rings. The molecule has 4 rings (SSSR count). The maximum absolute atomic E-state index is 8.92. The lowest BCUT2D eigenvalue weighted by atomic mass is 10.1. The monoisotopic (exact) mass is 372 g/mol. The number of rotatable bonds is 4. The number of benzene rings is 2. The van der Waals surface area contributed by atoms with Gasteiger partial charge in [-0.25, -0.2) is 9.97 Å². The molecule has 0 spiro atoms. The third kappa shape index (κ3) is 3.75. The summed E-state index contributed by atoms with van der Waals surface area (Å²) in [4.78, 5) is 15.8. The maximum Gasteiger partial charge on any atom is 0.139 e. The second-order valence-electron chi connectivity index (χ2n) is 7.37. The fourth-order valence-electron chi connectivity index (χ4n) is 3.69. The van der Waals surface area contributed by atoms with Gasteiger partial charge in [-0.3, -0.25) is 4.90 Å². The van der Waals surface area contributed by atoms with Crippen LogP contribution in [0.3, 0.4) is 0 Å². The molecule has 0 bridgehead atoms. The fourth-order valence-corrected chi connectivity index (χ4v) is 3.69. The number of hydrogen-bond donors (Lipinski definition) is 0. The van der Waals surface area contributed by atoms with E-state index < -0.39 is 0 Å². The Morgan fingerprint density at radius 2 is 1.75 bits per heavy atom. The van der Waals surface area contributed by atoms with Gasteiger partial charge in [-0.2, -0.15) is 5.26 Å². The summed E-state index contributed by atoms with van der Waals surface area (Å²) in [5, 5.41) is 10.0. The van der Waals surface area contributed by atoms with Gasteiger partial charge >= 0.3 is 0 Å². The summed E-state index contributed by atoms with van der Waals surface area (Å²) < 4.78 is 0. The van der Waals surface area contributed by atoms with E-state index in [0.29, 0.717) is 5.56 Å². The van der Waals surface area contributed by atoms with Gasteiger partial charge in [0.1, 0.15) is 12.1 Å². The van der Waals surface area contributed by atoms with E-state index in [-0.39, 0.29) is 0 Å². The van der Waals surface area contributed by atoms with E-state index in [1.54, 1.807) is 6.33 Å². The van der Waals surface area contributed by atoms with Gasteiger partial charge in [-0.05, 0) is 35.9 Å². The second-order valence-corrected chi connectivity index (χ2v) is 7.37. The molecule has 0 aliphatic carbocycles. The summed E-state index contributed by atoms with van der Waals surface area (Å²) in [5.74, 6) is 0.950. The van der Waals surface area contributed by atoms with Gasteiger partial charge in [0.15, 0.2) is 0 Å². The van der Waals surface area contributed by atoms with Crippen LogP contribution in [-0.4, -0.2) is 55.1 Å². The molecule has 6 heteroatoms. The summed E-state index contributed by atoms with van der Waals surface area (Å²) in [6.45, 7) is 4.95. The highest BCUT2D eigenvalue weighted by Gasteiger charge is 2.18. The van der Waals surface area contributed by atoms with Gasteiger partial charge in [0.2, 0.25) is 0 Å². The number of aromatic nitrogens is 2. The molecule has 1 aliphatic heterocycles. The van der Waals surface area contributed by atoms with Gasteiger partial charge in [0.05, 0.1) is 17.1 Å². The molecule has 0 atom stereocenters. The summed E-state index contributed by atoms with van der Waals surface area (Å²) >= 11 is 0. The Kier molecular flexibility index (Phi) is 5.09. The lowest BCUT2D eigenvalue weighted by Crippen LogP contribution is -2.45. The average molecular weight is 372 g/mol. The fraction of sp³-hybridized carbons (Fsp3) is 0.318. The molecule has 2 aromatic carbocycles. The first kappa shape index (κ1) is 18.2. The van der Waals surface area contributed by atoms with Crippen molar-refractivity contribution in [3.05, 3.63) is 59.9 Å². The Balaban J connectivity index is 1.44. The van der Waals surface area contributed by atoms with Crippen LogP contribution in [0.25, 0.3) is 10.9 Å². The van der Waals surface area contributed by atoms with E-state index >= 15 is 0 Å². The first-order valence-corrected chi connectivity index (χ1v) is 9.52. The van der Waals surface area contributed by atoms with Crippen molar-refractivity contribution in [3.63, 3.8) is 0 Å². The van der Waals surface area contributed by atoms with E-state index in [1.807, 2.05) is 31.1 Å². The van der Waals surface area contributed by atoms with E-state index in [4.69, 9.17) is 5.26 Å². The van der Waals surface area contributed by atoms with Crippen molar-refractivity contribution in [1.29, 1.82) is 5.26 Å². The minimum absolute atomic E-state index is 0.714. The summed E-state index contributed by atoms with van der Waals surface area (Å²) in [6.07, 6.45) is 1.62. The predicted molar refractivity (Wildman–Crippen MR) is 113 cm³/mol. The van der Waals surface area contributed by atoms with Gasteiger partial charge in [0, 0.05) is 57.9 Å². The van der Waals surface area contributed by atoms with E-state index in [1.165, 1.54) is 11.3 Å². The Morgan fingerprint density at radius 3 is 2.43 bits per heavy atom. The largest absolute Gasteiger partial charge is 0.369 e. The van der Waals surface area contributed by atoms with Crippen LogP contribution >= 0.6 is 0 Å². The Hall–Kier alpha value is -3.17. The van der Waals surface area contributed by atoms with Crippen molar-refractivity contribution in [2.45, 2.75) is 6.54 Å². The van der Waals surface area contributed by atoms with E-state index in [2.05, 4.69) is 56.2 Å². The first-order valence-electron chi connectivity index (χ1n) is 9.52.